The highest BCUT2D eigenvalue weighted by Gasteiger charge is 2.23. The van der Waals surface area contributed by atoms with Crippen molar-refractivity contribution in [3.63, 3.8) is 0 Å². The molecule has 1 aromatic heterocycles. The molecule has 1 aliphatic rings. The summed E-state index contributed by atoms with van der Waals surface area (Å²) in [4.78, 5) is 38.3. The standard InChI is InChI=1S/C29H33N7O3.C2H6/c1-20(2)19-39-22-9-7-21(8-10-22)27-23(29(38)31-3)5-4-6-24(27)34-26(37)18-35-13-15-36(16-14-35)28-25(17-30)32-11-12-33-28;1-2/h4-12,20H,13-16,18-19H2,1-3H3,(H,31,38)(H,34,37);1-2H3. The molecule has 2 heterocycles. The van der Waals surface area contributed by atoms with Gasteiger partial charge in [-0.2, -0.15) is 5.26 Å². The molecule has 3 aromatic rings. The number of nitrogens with zero attached hydrogens (tertiary/aromatic N) is 5. The number of hydrogen-bond donors (Lipinski definition) is 2. The molecule has 0 unspecified atom stereocenters. The molecule has 0 radical (unpaired) electrons. The third kappa shape index (κ3) is 8.25. The van der Waals surface area contributed by atoms with Crippen molar-refractivity contribution in [3.05, 3.63) is 66.1 Å². The second-order valence-electron chi connectivity index (χ2n) is 9.69. The molecule has 10 heteroatoms. The molecule has 41 heavy (non-hydrogen) atoms. The minimum Gasteiger partial charge on any atom is -0.493 e. The molecule has 2 N–H and O–H groups in total. The fraction of sp³-hybridized carbons (Fsp3) is 0.387. The van der Waals surface area contributed by atoms with Crippen LogP contribution in [-0.2, 0) is 4.79 Å². The van der Waals surface area contributed by atoms with Crippen molar-refractivity contribution < 1.29 is 14.3 Å². The Hall–Kier alpha value is -4.49. The van der Waals surface area contributed by atoms with Crippen LogP contribution >= 0.6 is 0 Å². The van der Waals surface area contributed by atoms with Crippen LogP contribution in [0, 0.1) is 17.2 Å². The number of benzene rings is 2. The average molecular weight is 558 g/mol. The Morgan fingerprint density at radius 1 is 1.02 bits per heavy atom. The lowest BCUT2D eigenvalue weighted by atomic mass is 9.96. The van der Waals surface area contributed by atoms with E-state index < -0.39 is 0 Å². The van der Waals surface area contributed by atoms with Crippen molar-refractivity contribution >= 4 is 23.3 Å². The van der Waals surface area contributed by atoms with E-state index in [0.29, 0.717) is 67.0 Å². The van der Waals surface area contributed by atoms with Crippen molar-refractivity contribution in [1.29, 1.82) is 5.26 Å². The molecular weight excluding hydrogens is 518 g/mol. The summed E-state index contributed by atoms with van der Waals surface area (Å²) in [5.41, 5.74) is 2.78. The van der Waals surface area contributed by atoms with Gasteiger partial charge in [0.05, 0.1) is 13.2 Å². The summed E-state index contributed by atoms with van der Waals surface area (Å²) in [5, 5.41) is 15.0. The third-order valence-corrected chi connectivity index (χ3v) is 6.36. The van der Waals surface area contributed by atoms with Crippen LogP contribution in [0.2, 0.25) is 0 Å². The number of carbonyl (C=O) groups is 2. The lowest BCUT2D eigenvalue weighted by Crippen LogP contribution is -2.49. The summed E-state index contributed by atoms with van der Waals surface area (Å²) in [6.07, 6.45) is 3.08. The summed E-state index contributed by atoms with van der Waals surface area (Å²) in [5.74, 6) is 1.31. The predicted octanol–water partition coefficient (Wildman–Crippen LogP) is 4.20. The van der Waals surface area contributed by atoms with E-state index in [1.54, 1.807) is 31.4 Å². The van der Waals surface area contributed by atoms with E-state index in [2.05, 4.69) is 45.4 Å². The van der Waals surface area contributed by atoms with Crippen molar-refractivity contribution in [1.82, 2.24) is 20.2 Å². The van der Waals surface area contributed by atoms with E-state index in [4.69, 9.17) is 4.74 Å². The first kappa shape index (κ1) is 31.0. The fourth-order valence-corrected chi connectivity index (χ4v) is 4.42. The van der Waals surface area contributed by atoms with Crippen LogP contribution in [0.1, 0.15) is 43.7 Å². The summed E-state index contributed by atoms with van der Waals surface area (Å²) >= 11 is 0. The van der Waals surface area contributed by atoms with Crippen LogP contribution in [0.25, 0.3) is 11.1 Å². The molecule has 0 saturated carbocycles. The summed E-state index contributed by atoms with van der Waals surface area (Å²) in [6.45, 7) is 11.5. The van der Waals surface area contributed by atoms with Crippen molar-refractivity contribution in [2.75, 3.05) is 56.6 Å². The molecule has 1 fully saturated rings. The first-order valence-corrected chi connectivity index (χ1v) is 14.0. The van der Waals surface area contributed by atoms with Gasteiger partial charge < -0.3 is 20.3 Å². The predicted molar refractivity (Wildman–Crippen MR) is 161 cm³/mol. The lowest BCUT2D eigenvalue weighted by molar-refractivity contribution is -0.117. The second kappa shape index (κ2) is 15.3. The van der Waals surface area contributed by atoms with Gasteiger partial charge in [0.25, 0.3) is 5.91 Å². The number of piperazine rings is 1. The zero-order chi connectivity index (χ0) is 29.8. The molecule has 0 atom stereocenters. The smallest absolute Gasteiger partial charge is 0.251 e. The molecule has 1 aliphatic heterocycles. The van der Waals surface area contributed by atoms with Gasteiger partial charge in [0, 0.05) is 62.4 Å². The Kier molecular flexibility index (Phi) is 11.6. The van der Waals surface area contributed by atoms with E-state index in [9.17, 15) is 14.9 Å². The van der Waals surface area contributed by atoms with Crippen LogP contribution < -0.4 is 20.3 Å². The first-order chi connectivity index (χ1) is 19.9. The van der Waals surface area contributed by atoms with Gasteiger partial charge in [-0.05, 0) is 35.7 Å². The number of carbonyl (C=O) groups excluding carboxylic acids is 2. The van der Waals surface area contributed by atoms with Crippen LogP contribution in [0.5, 0.6) is 5.75 Å². The maximum atomic E-state index is 13.1. The van der Waals surface area contributed by atoms with E-state index in [0.717, 1.165) is 11.3 Å². The maximum Gasteiger partial charge on any atom is 0.251 e. The molecule has 1 saturated heterocycles. The number of ether oxygens (including phenoxy) is 1. The number of nitrogens with one attached hydrogen (secondary N) is 2. The van der Waals surface area contributed by atoms with E-state index in [-0.39, 0.29) is 18.4 Å². The number of amides is 2. The molecule has 10 nitrogen and oxygen atoms in total. The largest absolute Gasteiger partial charge is 0.493 e. The zero-order valence-electron chi connectivity index (χ0n) is 24.5. The van der Waals surface area contributed by atoms with Gasteiger partial charge in [0.1, 0.15) is 11.8 Å². The summed E-state index contributed by atoms with van der Waals surface area (Å²) in [7, 11) is 1.58. The molecule has 2 amide bonds. The fourth-order valence-electron chi connectivity index (χ4n) is 4.42. The zero-order valence-corrected chi connectivity index (χ0v) is 24.5. The van der Waals surface area contributed by atoms with Gasteiger partial charge in [-0.25, -0.2) is 9.97 Å². The molecule has 4 rings (SSSR count). The summed E-state index contributed by atoms with van der Waals surface area (Å²) in [6, 6.07) is 14.9. The van der Waals surface area contributed by atoms with Gasteiger partial charge in [-0.1, -0.05) is 45.9 Å². The molecular formula is C31H39N7O3. The second-order valence-corrected chi connectivity index (χ2v) is 9.69. The highest BCUT2D eigenvalue weighted by atomic mass is 16.5. The monoisotopic (exact) mass is 557 g/mol. The van der Waals surface area contributed by atoms with Crippen LogP contribution in [-0.4, -0.2) is 73.1 Å². The SMILES string of the molecule is CC.CNC(=O)c1cccc(NC(=O)CN2CCN(c3nccnc3C#N)CC2)c1-c1ccc(OCC(C)C)cc1. The number of aromatic nitrogens is 2. The normalized spacial score (nSPS) is 13.0. The first-order valence-electron chi connectivity index (χ1n) is 14.0. The summed E-state index contributed by atoms with van der Waals surface area (Å²) < 4.78 is 5.80. The van der Waals surface area contributed by atoms with Crippen molar-refractivity contribution in [2.45, 2.75) is 27.7 Å². The minimum atomic E-state index is -0.238. The van der Waals surface area contributed by atoms with Gasteiger partial charge >= 0.3 is 0 Å². The van der Waals surface area contributed by atoms with Gasteiger partial charge in [0.15, 0.2) is 11.5 Å². The Morgan fingerprint density at radius 3 is 2.34 bits per heavy atom. The maximum absolute atomic E-state index is 13.1. The topological polar surface area (TPSA) is 123 Å². The highest BCUT2D eigenvalue weighted by Crippen LogP contribution is 2.33. The third-order valence-electron chi connectivity index (χ3n) is 6.36. The molecule has 0 spiro atoms. The molecule has 0 bridgehead atoms. The number of rotatable bonds is 9. The minimum absolute atomic E-state index is 0.173. The van der Waals surface area contributed by atoms with Crippen molar-refractivity contribution in [3.8, 4) is 22.9 Å². The Bertz CT molecular complexity index is 1340. The van der Waals surface area contributed by atoms with E-state index in [1.807, 2.05) is 43.0 Å². The van der Waals surface area contributed by atoms with Crippen LogP contribution in [0.4, 0.5) is 11.5 Å². The molecule has 216 valence electrons. The highest BCUT2D eigenvalue weighted by molar-refractivity contribution is 6.06. The van der Waals surface area contributed by atoms with Crippen LogP contribution in [0.3, 0.4) is 0 Å². The lowest BCUT2D eigenvalue weighted by Gasteiger charge is -2.35. The van der Waals surface area contributed by atoms with Gasteiger partial charge in [-0.15, -0.1) is 0 Å². The van der Waals surface area contributed by atoms with E-state index >= 15 is 0 Å². The van der Waals surface area contributed by atoms with Gasteiger partial charge in [-0.3, -0.25) is 14.5 Å². The Labute approximate surface area is 242 Å². The average Bonchev–Trinajstić information content (AvgIpc) is 3.01. The Morgan fingerprint density at radius 2 is 1.71 bits per heavy atom. The number of anilines is 2. The van der Waals surface area contributed by atoms with Gasteiger partial charge in [0.2, 0.25) is 5.91 Å². The number of nitriles is 1. The molecule has 2 aromatic carbocycles. The Balaban J connectivity index is 0.00000226. The molecule has 0 aliphatic carbocycles. The quantitative estimate of drug-likeness (QED) is 0.401. The number of hydrogen-bond acceptors (Lipinski definition) is 8. The van der Waals surface area contributed by atoms with Crippen LogP contribution in [0.15, 0.2) is 54.9 Å². The van der Waals surface area contributed by atoms with E-state index in [1.165, 1.54) is 6.20 Å². The van der Waals surface area contributed by atoms with Crippen molar-refractivity contribution in [2.24, 2.45) is 5.92 Å².